The first kappa shape index (κ1) is 14.8. The highest BCUT2D eigenvalue weighted by molar-refractivity contribution is 5.91. The average Bonchev–Trinajstić information content (AvgIpc) is 3.34. The number of fused-ring (bicyclic) bond motifs is 3. The first-order valence-corrected chi connectivity index (χ1v) is 8.32. The fourth-order valence-corrected chi connectivity index (χ4v) is 3.10. The van der Waals surface area contributed by atoms with Crippen molar-refractivity contribution in [3.8, 4) is 11.5 Å². The number of hydrogen-bond donors (Lipinski definition) is 0. The van der Waals surface area contributed by atoms with E-state index in [1.54, 1.807) is 10.8 Å². The quantitative estimate of drug-likeness (QED) is 0.502. The first-order valence-electron chi connectivity index (χ1n) is 8.32. The molecule has 0 N–H and O–H groups in total. The molecule has 26 heavy (non-hydrogen) atoms. The van der Waals surface area contributed by atoms with Crippen LogP contribution < -0.4 is 0 Å². The number of hydrogen-bond acceptors (Lipinski definition) is 5. The Kier molecular flexibility index (Phi) is 3.11. The summed E-state index contributed by atoms with van der Waals surface area (Å²) in [6, 6.07) is 11.9. The number of para-hydroxylation sites is 1. The summed E-state index contributed by atoms with van der Waals surface area (Å²) in [4.78, 5) is 9.08. The minimum absolute atomic E-state index is 0.553. The van der Waals surface area contributed by atoms with Gasteiger partial charge in [-0.15, -0.1) is 5.10 Å². The highest BCUT2D eigenvalue weighted by atomic mass is 15.4. The molecule has 5 rings (SSSR count). The zero-order valence-electron chi connectivity index (χ0n) is 14.4. The monoisotopic (exact) mass is 344 g/mol. The molecule has 8 nitrogen and oxygen atoms in total. The molecular formula is C18H16N8. The molecule has 0 radical (unpaired) electrons. The second-order valence-corrected chi connectivity index (χ2v) is 6.27. The van der Waals surface area contributed by atoms with Gasteiger partial charge in [0.2, 0.25) is 5.82 Å². The van der Waals surface area contributed by atoms with Gasteiger partial charge in [-0.25, -0.2) is 19.2 Å². The van der Waals surface area contributed by atoms with Crippen LogP contribution in [0.25, 0.3) is 28.1 Å². The number of nitrogens with zero attached hydrogens (tertiary/aromatic N) is 8. The van der Waals surface area contributed by atoms with Gasteiger partial charge >= 0.3 is 0 Å². The molecule has 128 valence electrons. The Morgan fingerprint density at radius 2 is 1.88 bits per heavy atom. The Hall–Kier alpha value is -3.55. The van der Waals surface area contributed by atoms with Gasteiger partial charge < -0.3 is 0 Å². The second kappa shape index (κ2) is 5.48. The third kappa shape index (κ3) is 2.34. The molecule has 4 aromatic heterocycles. The molecule has 0 unspecified atom stereocenters. The van der Waals surface area contributed by atoms with Gasteiger partial charge in [0.05, 0.1) is 11.2 Å². The summed E-state index contributed by atoms with van der Waals surface area (Å²) in [7, 11) is 0. The summed E-state index contributed by atoms with van der Waals surface area (Å²) in [5.74, 6) is 0.579. The first-order chi connectivity index (χ1) is 12.7. The third-order valence-electron chi connectivity index (χ3n) is 4.33. The molecule has 0 atom stereocenters. The molecule has 0 aliphatic heterocycles. The summed E-state index contributed by atoms with van der Waals surface area (Å²) >= 11 is 0. The Labute approximate surface area is 148 Å². The van der Waals surface area contributed by atoms with Gasteiger partial charge in [-0.2, -0.15) is 10.2 Å². The fourth-order valence-electron chi connectivity index (χ4n) is 3.10. The highest BCUT2D eigenvalue weighted by Gasteiger charge is 2.12. The Balaban J connectivity index is 1.53. The predicted octanol–water partition coefficient (Wildman–Crippen LogP) is 2.46. The van der Waals surface area contributed by atoms with Crippen LogP contribution in [0.3, 0.4) is 0 Å². The van der Waals surface area contributed by atoms with E-state index in [1.165, 1.54) is 0 Å². The molecule has 8 heteroatoms. The van der Waals surface area contributed by atoms with Gasteiger partial charge in [-0.05, 0) is 38.1 Å². The molecule has 0 aliphatic rings. The second-order valence-electron chi connectivity index (χ2n) is 6.27. The summed E-state index contributed by atoms with van der Waals surface area (Å²) in [5.41, 5.74) is 4.49. The van der Waals surface area contributed by atoms with Crippen molar-refractivity contribution in [1.29, 1.82) is 0 Å². The summed E-state index contributed by atoms with van der Waals surface area (Å²) in [5, 5.41) is 14.6. The lowest BCUT2D eigenvalue weighted by atomic mass is 10.2. The minimum Gasteiger partial charge on any atom is -0.250 e. The Morgan fingerprint density at radius 1 is 1.00 bits per heavy atom. The van der Waals surface area contributed by atoms with Crippen molar-refractivity contribution in [3.63, 3.8) is 0 Å². The van der Waals surface area contributed by atoms with Crippen LogP contribution >= 0.6 is 0 Å². The average molecular weight is 344 g/mol. The number of benzene rings is 1. The summed E-state index contributed by atoms with van der Waals surface area (Å²) in [6.45, 7) is 4.57. The van der Waals surface area contributed by atoms with Gasteiger partial charge in [-0.1, -0.05) is 12.1 Å². The van der Waals surface area contributed by atoms with E-state index in [-0.39, 0.29) is 0 Å². The van der Waals surface area contributed by atoms with Crippen molar-refractivity contribution >= 4 is 16.6 Å². The van der Waals surface area contributed by atoms with Crippen molar-refractivity contribution in [2.45, 2.75) is 20.5 Å². The molecule has 0 amide bonds. The van der Waals surface area contributed by atoms with Crippen molar-refractivity contribution in [2.24, 2.45) is 0 Å². The maximum atomic E-state index is 4.67. The van der Waals surface area contributed by atoms with E-state index in [4.69, 9.17) is 0 Å². The largest absolute Gasteiger partial charge is 0.250 e. The highest BCUT2D eigenvalue weighted by Crippen LogP contribution is 2.19. The van der Waals surface area contributed by atoms with E-state index in [9.17, 15) is 0 Å². The summed E-state index contributed by atoms with van der Waals surface area (Å²) < 4.78 is 5.44. The van der Waals surface area contributed by atoms with Crippen LogP contribution in [-0.2, 0) is 6.67 Å². The van der Waals surface area contributed by atoms with Crippen LogP contribution in [-0.4, -0.2) is 39.1 Å². The SMILES string of the molecule is Cc1cc(C)n(Cn2ccc(-c3nc4c5ccccc5ncn4n3)n2)n1. The van der Waals surface area contributed by atoms with Crippen molar-refractivity contribution in [2.75, 3.05) is 0 Å². The van der Waals surface area contributed by atoms with Crippen LogP contribution in [0.5, 0.6) is 0 Å². The lowest BCUT2D eigenvalue weighted by Crippen LogP contribution is -2.11. The third-order valence-corrected chi connectivity index (χ3v) is 4.33. The number of aryl methyl sites for hydroxylation is 2. The van der Waals surface area contributed by atoms with Gasteiger partial charge in [0.15, 0.2) is 5.65 Å². The van der Waals surface area contributed by atoms with E-state index >= 15 is 0 Å². The maximum Gasteiger partial charge on any atom is 0.202 e. The molecule has 1 aromatic carbocycles. The Bertz CT molecular complexity index is 1240. The molecule has 0 spiro atoms. The Morgan fingerprint density at radius 3 is 2.73 bits per heavy atom. The van der Waals surface area contributed by atoms with Crippen LogP contribution in [0.4, 0.5) is 0 Å². The predicted molar refractivity (Wildman–Crippen MR) is 96.6 cm³/mol. The van der Waals surface area contributed by atoms with Crippen molar-refractivity contribution in [1.82, 2.24) is 39.1 Å². The van der Waals surface area contributed by atoms with Gasteiger partial charge in [0.25, 0.3) is 0 Å². The van der Waals surface area contributed by atoms with E-state index < -0.39 is 0 Å². The molecule has 5 aromatic rings. The van der Waals surface area contributed by atoms with Crippen molar-refractivity contribution in [3.05, 3.63) is 60.3 Å². The van der Waals surface area contributed by atoms with Crippen LogP contribution in [0.15, 0.2) is 48.9 Å². The molecule has 0 aliphatic carbocycles. The van der Waals surface area contributed by atoms with Crippen molar-refractivity contribution < 1.29 is 0 Å². The number of aromatic nitrogens is 8. The molecule has 0 bridgehead atoms. The zero-order chi connectivity index (χ0) is 17.7. The molecule has 4 heterocycles. The van der Waals surface area contributed by atoms with E-state index in [0.29, 0.717) is 12.5 Å². The van der Waals surface area contributed by atoms with Gasteiger partial charge in [0.1, 0.15) is 18.7 Å². The molecule has 0 saturated carbocycles. The lowest BCUT2D eigenvalue weighted by molar-refractivity contribution is 0.492. The van der Waals surface area contributed by atoms with Crippen LogP contribution in [0.1, 0.15) is 11.4 Å². The normalized spacial score (nSPS) is 11.6. The zero-order valence-corrected chi connectivity index (χ0v) is 14.4. The smallest absolute Gasteiger partial charge is 0.202 e. The standard InChI is InChI=1S/C18H16N8/c1-12-9-13(2)26(21-12)11-24-8-7-16(22-24)17-20-18-14-5-3-4-6-15(14)19-10-25(18)23-17/h3-10H,11H2,1-2H3. The van der Waals surface area contributed by atoms with E-state index in [1.807, 2.05) is 65.8 Å². The number of rotatable bonds is 3. The topological polar surface area (TPSA) is 78.7 Å². The fraction of sp³-hybridized carbons (Fsp3) is 0.167. The van der Waals surface area contributed by atoms with E-state index in [2.05, 4.69) is 25.3 Å². The molecule has 0 fully saturated rings. The van der Waals surface area contributed by atoms with Crippen LogP contribution in [0, 0.1) is 13.8 Å². The molecule has 0 saturated heterocycles. The summed E-state index contributed by atoms with van der Waals surface area (Å²) in [6.07, 6.45) is 3.59. The molecular weight excluding hydrogens is 328 g/mol. The van der Waals surface area contributed by atoms with Gasteiger partial charge in [0, 0.05) is 17.3 Å². The lowest BCUT2D eigenvalue weighted by Gasteiger charge is -2.03. The maximum absolute atomic E-state index is 4.67. The minimum atomic E-state index is 0.553. The van der Waals surface area contributed by atoms with E-state index in [0.717, 1.165) is 33.6 Å². The van der Waals surface area contributed by atoms with Gasteiger partial charge in [-0.3, -0.25) is 4.68 Å². The van der Waals surface area contributed by atoms with Crippen LogP contribution in [0.2, 0.25) is 0 Å².